The van der Waals surface area contributed by atoms with E-state index in [-0.39, 0.29) is 24.4 Å². The van der Waals surface area contributed by atoms with Crippen molar-refractivity contribution in [2.75, 3.05) is 31.1 Å². The van der Waals surface area contributed by atoms with E-state index in [2.05, 4.69) is 50.8 Å². The number of anilines is 1. The summed E-state index contributed by atoms with van der Waals surface area (Å²) in [6.45, 7) is 17.2. The third kappa shape index (κ3) is 5.73. The van der Waals surface area contributed by atoms with Crippen LogP contribution < -0.4 is 10.6 Å². The van der Waals surface area contributed by atoms with Crippen LogP contribution >= 0.6 is 0 Å². The number of amides is 1. The van der Waals surface area contributed by atoms with E-state index in [1.54, 1.807) is 4.90 Å². The molecule has 0 atom stereocenters. The van der Waals surface area contributed by atoms with Crippen molar-refractivity contribution in [3.05, 3.63) is 29.3 Å². The molecule has 1 amide bonds. The molecule has 1 aromatic carbocycles. The predicted molar refractivity (Wildman–Crippen MR) is 124 cm³/mol. The van der Waals surface area contributed by atoms with Gasteiger partial charge in [-0.3, -0.25) is 0 Å². The standard InChI is InChI=1S/C23H38BN3O4/c1-21(2,3)29-20(28)27-10-8-26(9-11-27)19-13-17(12-18(14-19)16-25)15-24-30-22(4,5)23(6,7)31-24/h12-14H,8-11,15-16,25H2,1-7H3. The summed E-state index contributed by atoms with van der Waals surface area (Å²) in [5.74, 6) is 0. The van der Waals surface area contributed by atoms with Gasteiger partial charge < -0.3 is 29.6 Å². The molecule has 0 radical (unpaired) electrons. The second-order valence-electron chi connectivity index (χ2n) is 10.6. The highest BCUT2D eigenvalue weighted by atomic mass is 16.7. The fourth-order valence-electron chi connectivity index (χ4n) is 3.88. The number of piperazine rings is 1. The van der Waals surface area contributed by atoms with Crippen molar-refractivity contribution in [2.45, 2.75) is 78.1 Å². The predicted octanol–water partition coefficient (Wildman–Crippen LogP) is 3.38. The molecule has 0 aromatic heterocycles. The van der Waals surface area contributed by atoms with Gasteiger partial charge >= 0.3 is 13.2 Å². The van der Waals surface area contributed by atoms with Crippen LogP contribution in [0.1, 0.15) is 59.6 Å². The molecule has 0 saturated carbocycles. The second-order valence-corrected chi connectivity index (χ2v) is 10.6. The maximum atomic E-state index is 12.4. The van der Waals surface area contributed by atoms with Crippen molar-refractivity contribution >= 4 is 18.9 Å². The van der Waals surface area contributed by atoms with E-state index < -0.39 is 5.60 Å². The summed E-state index contributed by atoms with van der Waals surface area (Å²) in [7, 11) is -0.283. The smallest absolute Gasteiger partial charge is 0.444 e. The van der Waals surface area contributed by atoms with E-state index >= 15 is 0 Å². The Bertz CT molecular complexity index is 783. The summed E-state index contributed by atoms with van der Waals surface area (Å²) in [5, 5.41) is 0. The van der Waals surface area contributed by atoms with Gasteiger partial charge in [0.2, 0.25) is 0 Å². The zero-order valence-electron chi connectivity index (χ0n) is 20.2. The maximum absolute atomic E-state index is 12.4. The first-order valence-electron chi connectivity index (χ1n) is 11.2. The number of hydrogen-bond donors (Lipinski definition) is 1. The largest absolute Gasteiger partial charge is 0.462 e. The molecular weight excluding hydrogens is 393 g/mol. The first-order chi connectivity index (χ1) is 14.3. The first-order valence-corrected chi connectivity index (χ1v) is 11.2. The van der Waals surface area contributed by atoms with E-state index in [0.717, 1.165) is 29.9 Å². The van der Waals surface area contributed by atoms with Crippen LogP contribution in [-0.2, 0) is 26.9 Å². The average molecular weight is 431 g/mol. The third-order valence-corrected chi connectivity index (χ3v) is 6.27. The fourth-order valence-corrected chi connectivity index (χ4v) is 3.88. The Hall–Kier alpha value is -1.77. The maximum Gasteiger partial charge on any atom is 0.462 e. The summed E-state index contributed by atoms with van der Waals surface area (Å²) >= 11 is 0. The summed E-state index contributed by atoms with van der Waals surface area (Å²) in [6.07, 6.45) is 0.426. The first kappa shape index (κ1) is 23.9. The Morgan fingerprint density at radius 1 is 1.03 bits per heavy atom. The summed E-state index contributed by atoms with van der Waals surface area (Å²) < 4.78 is 17.9. The molecule has 2 fully saturated rings. The molecule has 2 heterocycles. The van der Waals surface area contributed by atoms with Gasteiger partial charge in [-0.1, -0.05) is 6.07 Å². The van der Waals surface area contributed by atoms with Crippen LogP contribution in [0.2, 0.25) is 0 Å². The average Bonchev–Trinajstić information content (AvgIpc) is 2.86. The van der Waals surface area contributed by atoms with Crippen LogP contribution in [0, 0.1) is 0 Å². The molecule has 2 saturated heterocycles. The van der Waals surface area contributed by atoms with Crippen LogP contribution in [0.3, 0.4) is 0 Å². The molecule has 3 rings (SSSR count). The Kier molecular flexibility index (Phi) is 6.66. The SMILES string of the molecule is CC(C)(C)OC(=O)N1CCN(c2cc(CN)cc(CB3OC(C)(C)C(C)(C)O3)c2)CC1. The van der Waals surface area contributed by atoms with Gasteiger partial charge in [-0.15, -0.1) is 0 Å². The highest BCUT2D eigenvalue weighted by molar-refractivity contribution is 6.45. The molecule has 0 spiro atoms. The van der Waals surface area contributed by atoms with Crippen molar-refractivity contribution in [3.8, 4) is 0 Å². The number of ether oxygens (including phenoxy) is 1. The summed E-state index contributed by atoms with van der Waals surface area (Å²) in [4.78, 5) is 16.4. The molecule has 2 aliphatic heterocycles. The number of hydrogen-bond acceptors (Lipinski definition) is 6. The van der Waals surface area contributed by atoms with Crippen LogP contribution in [-0.4, -0.2) is 61.1 Å². The molecule has 2 N–H and O–H groups in total. The molecule has 172 valence electrons. The van der Waals surface area contributed by atoms with E-state index in [0.29, 0.717) is 26.0 Å². The Labute approximate surface area is 187 Å². The lowest BCUT2D eigenvalue weighted by molar-refractivity contribution is 0.00578. The Morgan fingerprint density at radius 3 is 2.10 bits per heavy atom. The summed E-state index contributed by atoms with van der Waals surface area (Å²) in [5.41, 5.74) is 8.16. The van der Waals surface area contributed by atoms with E-state index in [9.17, 15) is 4.79 Å². The topological polar surface area (TPSA) is 77.3 Å². The van der Waals surface area contributed by atoms with Gasteiger partial charge in [0.15, 0.2) is 0 Å². The molecule has 7 nitrogen and oxygen atoms in total. The minimum absolute atomic E-state index is 0.246. The Morgan fingerprint density at radius 2 is 1.58 bits per heavy atom. The van der Waals surface area contributed by atoms with Crippen LogP contribution in [0.15, 0.2) is 18.2 Å². The second kappa shape index (κ2) is 8.64. The van der Waals surface area contributed by atoms with Crippen molar-refractivity contribution < 1.29 is 18.8 Å². The number of carbonyl (C=O) groups excluding carboxylic acids is 1. The molecule has 31 heavy (non-hydrogen) atoms. The van der Waals surface area contributed by atoms with E-state index in [1.807, 2.05) is 20.8 Å². The van der Waals surface area contributed by atoms with Gasteiger partial charge in [0, 0.05) is 44.7 Å². The van der Waals surface area contributed by atoms with Crippen LogP contribution in [0.25, 0.3) is 0 Å². The highest BCUT2D eigenvalue weighted by Crippen LogP contribution is 2.37. The zero-order chi connectivity index (χ0) is 23.0. The van der Waals surface area contributed by atoms with Crippen molar-refractivity contribution in [1.82, 2.24) is 4.90 Å². The van der Waals surface area contributed by atoms with Gasteiger partial charge in [0.05, 0.1) is 11.2 Å². The van der Waals surface area contributed by atoms with Crippen LogP contribution in [0.5, 0.6) is 0 Å². The van der Waals surface area contributed by atoms with Gasteiger partial charge in [0.25, 0.3) is 0 Å². The zero-order valence-corrected chi connectivity index (χ0v) is 20.2. The number of benzene rings is 1. The van der Waals surface area contributed by atoms with Crippen molar-refractivity contribution in [3.63, 3.8) is 0 Å². The molecule has 8 heteroatoms. The lowest BCUT2D eigenvalue weighted by Crippen LogP contribution is -2.50. The number of nitrogens with zero attached hydrogens (tertiary/aromatic N) is 2. The van der Waals surface area contributed by atoms with Gasteiger partial charge in [0.1, 0.15) is 5.60 Å². The highest BCUT2D eigenvalue weighted by Gasteiger charge is 2.50. The molecule has 1 aromatic rings. The van der Waals surface area contributed by atoms with Gasteiger partial charge in [-0.05, 0) is 71.7 Å². The molecule has 0 bridgehead atoms. The monoisotopic (exact) mass is 431 g/mol. The lowest BCUT2D eigenvalue weighted by Gasteiger charge is -2.37. The van der Waals surface area contributed by atoms with Crippen LogP contribution in [0.4, 0.5) is 10.5 Å². The molecule has 0 unspecified atom stereocenters. The number of rotatable bonds is 4. The lowest BCUT2D eigenvalue weighted by atomic mass is 9.80. The van der Waals surface area contributed by atoms with Crippen molar-refractivity contribution in [1.29, 1.82) is 0 Å². The molecule has 2 aliphatic rings. The van der Waals surface area contributed by atoms with Gasteiger partial charge in [-0.2, -0.15) is 0 Å². The van der Waals surface area contributed by atoms with Gasteiger partial charge in [-0.25, -0.2) is 4.79 Å². The summed E-state index contributed by atoms with van der Waals surface area (Å²) in [6, 6.07) is 6.45. The number of carbonyl (C=O) groups is 1. The Balaban J connectivity index is 1.67. The molecular formula is C23H38BN3O4. The van der Waals surface area contributed by atoms with Crippen molar-refractivity contribution in [2.24, 2.45) is 5.73 Å². The fraction of sp³-hybridized carbons (Fsp3) is 0.696. The minimum atomic E-state index is -0.480. The minimum Gasteiger partial charge on any atom is -0.444 e. The normalized spacial score (nSPS) is 20.8. The van der Waals surface area contributed by atoms with E-state index in [1.165, 1.54) is 0 Å². The number of nitrogens with two attached hydrogens (primary N) is 1. The molecule has 0 aliphatic carbocycles. The van der Waals surface area contributed by atoms with E-state index in [4.69, 9.17) is 19.8 Å². The third-order valence-electron chi connectivity index (χ3n) is 6.27. The quantitative estimate of drug-likeness (QED) is 0.737.